The van der Waals surface area contributed by atoms with Crippen LogP contribution in [0.1, 0.15) is 13.8 Å². The molecule has 3 N–H and O–H groups in total. The van der Waals surface area contributed by atoms with Crippen LogP contribution in [0.4, 0.5) is 5.69 Å². The summed E-state index contributed by atoms with van der Waals surface area (Å²) < 4.78 is 4.99. The molecular formula is C11H17N3O2. The van der Waals surface area contributed by atoms with Crippen LogP contribution in [-0.4, -0.2) is 24.0 Å². The number of rotatable bonds is 5. The van der Waals surface area contributed by atoms with Crippen molar-refractivity contribution in [3.63, 3.8) is 0 Å². The highest BCUT2D eigenvalue weighted by atomic mass is 16.5. The van der Waals surface area contributed by atoms with Crippen LogP contribution >= 0.6 is 0 Å². The monoisotopic (exact) mass is 223 g/mol. The van der Waals surface area contributed by atoms with Crippen LogP contribution in [0.15, 0.2) is 18.3 Å². The van der Waals surface area contributed by atoms with E-state index >= 15 is 0 Å². The lowest BCUT2D eigenvalue weighted by Crippen LogP contribution is -2.39. The van der Waals surface area contributed by atoms with E-state index in [1.807, 2.05) is 13.8 Å². The molecule has 0 saturated carbocycles. The number of pyridine rings is 1. The lowest BCUT2D eigenvalue weighted by atomic mass is 10.0. The van der Waals surface area contributed by atoms with Crippen molar-refractivity contribution >= 4 is 11.6 Å². The Labute approximate surface area is 95.0 Å². The highest BCUT2D eigenvalue weighted by Gasteiger charge is 2.19. The van der Waals surface area contributed by atoms with Crippen molar-refractivity contribution in [2.45, 2.75) is 19.9 Å². The Morgan fingerprint density at radius 3 is 2.75 bits per heavy atom. The van der Waals surface area contributed by atoms with E-state index in [1.165, 1.54) is 0 Å². The van der Waals surface area contributed by atoms with Crippen molar-refractivity contribution in [1.82, 2.24) is 4.98 Å². The number of nitrogens with zero attached hydrogens (tertiary/aromatic N) is 1. The Balaban J connectivity index is 2.81. The maximum absolute atomic E-state index is 11.2. The van der Waals surface area contributed by atoms with E-state index < -0.39 is 6.04 Å². The minimum absolute atomic E-state index is 0.122. The van der Waals surface area contributed by atoms with Crippen LogP contribution in [0.2, 0.25) is 0 Å². The minimum Gasteiger partial charge on any atom is -0.481 e. The van der Waals surface area contributed by atoms with Crippen LogP contribution in [0.5, 0.6) is 5.88 Å². The van der Waals surface area contributed by atoms with Crippen molar-refractivity contribution in [3.05, 3.63) is 18.3 Å². The summed E-state index contributed by atoms with van der Waals surface area (Å²) in [4.78, 5) is 15.2. The molecule has 0 spiro atoms. The number of anilines is 1. The van der Waals surface area contributed by atoms with Crippen LogP contribution in [0, 0.1) is 5.92 Å². The molecule has 5 nitrogen and oxygen atoms in total. The van der Waals surface area contributed by atoms with Gasteiger partial charge in [0.2, 0.25) is 11.8 Å². The van der Waals surface area contributed by atoms with E-state index in [0.717, 1.165) is 5.69 Å². The summed E-state index contributed by atoms with van der Waals surface area (Å²) in [5.41, 5.74) is 6.08. The normalized spacial score (nSPS) is 12.2. The summed E-state index contributed by atoms with van der Waals surface area (Å²) >= 11 is 0. The summed E-state index contributed by atoms with van der Waals surface area (Å²) in [7, 11) is 1.54. The Morgan fingerprint density at radius 2 is 2.25 bits per heavy atom. The Kier molecular flexibility index (Phi) is 4.10. The van der Waals surface area contributed by atoms with E-state index in [2.05, 4.69) is 10.3 Å². The molecule has 1 unspecified atom stereocenters. The van der Waals surface area contributed by atoms with Gasteiger partial charge in [0.1, 0.15) is 6.04 Å². The number of primary amides is 1. The van der Waals surface area contributed by atoms with Gasteiger partial charge in [-0.3, -0.25) is 4.79 Å². The summed E-state index contributed by atoms with van der Waals surface area (Å²) in [5.74, 6) is 0.249. The van der Waals surface area contributed by atoms with Crippen molar-refractivity contribution in [2.24, 2.45) is 11.7 Å². The largest absolute Gasteiger partial charge is 0.481 e. The Bertz CT molecular complexity index is 366. The molecule has 1 heterocycles. The number of carbonyl (C=O) groups excluding carboxylic acids is 1. The van der Waals surface area contributed by atoms with Gasteiger partial charge in [0, 0.05) is 18.0 Å². The molecule has 1 aromatic rings. The number of hydrogen-bond donors (Lipinski definition) is 2. The van der Waals surface area contributed by atoms with Gasteiger partial charge in [0.25, 0.3) is 0 Å². The number of methoxy groups -OCH3 is 1. The number of ether oxygens (including phenoxy) is 1. The molecule has 0 aliphatic heterocycles. The maximum atomic E-state index is 11.2. The summed E-state index contributed by atoms with van der Waals surface area (Å²) in [6.45, 7) is 3.86. The van der Waals surface area contributed by atoms with Gasteiger partial charge >= 0.3 is 0 Å². The molecule has 0 fully saturated rings. The summed E-state index contributed by atoms with van der Waals surface area (Å²) in [6.07, 6.45) is 1.61. The van der Waals surface area contributed by atoms with Crippen molar-refractivity contribution in [2.75, 3.05) is 12.4 Å². The molecule has 0 radical (unpaired) electrons. The molecule has 0 bridgehead atoms. The maximum Gasteiger partial charge on any atom is 0.240 e. The number of nitrogens with one attached hydrogen (secondary N) is 1. The zero-order chi connectivity index (χ0) is 12.1. The molecule has 16 heavy (non-hydrogen) atoms. The first kappa shape index (κ1) is 12.3. The van der Waals surface area contributed by atoms with Crippen molar-refractivity contribution in [1.29, 1.82) is 0 Å². The number of hydrogen-bond acceptors (Lipinski definition) is 4. The van der Waals surface area contributed by atoms with Crippen molar-refractivity contribution in [3.8, 4) is 5.88 Å². The lowest BCUT2D eigenvalue weighted by Gasteiger charge is -2.20. The first-order chi connectivity index (χ1) is 7.54. The first-order valence-electron chi connectivity index (χ1n) is 5.10. The van der Waals surface area contributed by atoms with E-state index in [-0.39, 0.29) is 11.8 Å². The third kappa shape index (κ3) is 3.12. The Hall–Kier alpha value is -1.78. The first-order valence-corrected chi connectivity index (χ1v) is 5.10. The van der Waals surface area contributed by atoms with Gasteiger partial charge in [-0.25, -0.2) is 4.98 Å². The molecular weight excluding hydrogens is 206 g/mol. The average molecular weight is 223 g/mol. The number of amides is 1. The zero-order valence-corrected chi connectivity index (χ0v) is 9.73. The van der Waals surface area contributed by atoms with E-state index in [4.69, 9.17) is 10.5 Å². The molecule has 0 saturated heterocycles. The number of carbonyl (C=O) groups is 1. The third-order valence-electron chi connectivity index (χ3n) is 2.24. The zero-order valence-electron chi connectivity index (χ0n) is 9.73. The Morgan fingerprint density at radius 1 is 1.56 bits per heavy atom. The molecule has 1 rings (SSSR count). The molecule has 1 atom stereocenters. The number of nitrogens with two attached hydrogens (primary N) is 1. The second-order valence-corrected chi connectivity index (χ2v) is 3.86. The summed E-state index contributed by atoms with van der Waals surface area (Å²) in [5, 5.41) is 3.06. The van der Waals surface area contributed by atoms with Gasteiger partial charge in [0.05, 0.1) is 7.11 Å². The molecule has 88 valence electrons. The molecule has 0 aliphatic carbocycles. The van der Waals surface area contributed by atoms with Gasteiger partial charge in [0.15, 0.2) is 0 Å². The van der Waals surface area contributed by atoms with Crippen LogP contribution in [-0.2, 0) is 4.79 Å². The van der Waals surface area contributed by atoms with Crippen LogP contribution in [0.3, 0.4) is 0 Å². The molecule has 1 amide bonds. The molecule has 1 aromatic heterocycles. The smallest absolute Gasteiger partial charge is 0.240 e. The van der Waals surface area contributed by atoms with Crippen molar-refractivity contribution < 1.29 is 9.53 Å². The fourth-order valence-electron chi connectivity index (χ4n) is 1.36. The van der Waals surface area contributed by atoms with Crippen LogP contribution < -0.4 is 15.8 Å². The third-order valence-corrected chi connectivity index (χ3v) is 2.24. The molecule has 0 aliphatic rings. The predicted octanol–water partition coefficient (Wildman–Crippen LogP) is 1.01. The summed E-state index contributed by atoms with van der Waals surface area (Å²) in [6, 6.07) is 3.09. The molecule has 0 aromatic carbocycles. The van der Waals surface area contributed by atoms with Gasteiger partial charge in [-0.2, -0.15) is 0 Å². The highest BCUT2D eigenvalue weighted by molar-refractivity contribution is 5.83. The van der Waals surface area contributed by atoms with E-state index in [1.54, 1.807) is 25.4 Å². The van der Waals surface area contributed by atoms with Gasteiger partial charge in [-0.15, -0.1) is 0 Å². The van der Waals surface area contributed by atoms with Gasteiger partial charge in [-0.05, 0) is 12.0 Å². The molecule has 5 heteroatoms. The van der Waals surface area contributed by atoms with Gasteiger partial charge < -0.3 is 15.8 Å². The second-order valence-electron chi connectivity index (χ2n) is 3.86. The highest BCUT2D eigenvalue weighted by Crippen LogP contribution is 2.16. The quantitative estimate of drug-likeness (QED) is 0.781. The second kappa shape index (κ2) is 5.34. The predicted molar refractivity (Wildman–Crippen MR) is 62.2 cm³/mol. The minimum atomic E-state index is -0.396. The average Bonchev–Trinajstić information content (AvgIpc) is 2.25. The number of aromatic nitrogens is 1. The van der Waals surface area contributed by atoms with E-state index in [9.17, 15) is 4.79 Å². The van der Waals surface area contributed by atoms with E-state index in [0.29, 0.717) is 5.88 Å². The topological polar surface area (TPSA) is 77.2 Å². The fourth-order valence-corrected chi connectivity index (χ4v) is 1.36. The van der Waals surface area contributed by atoms with Crippen LogP contribution in [0.25, 0.3) is 0 Å². The van der Waals surface area contributed by atoms with Gasteiger partial charge in [-0.1, -0.05) is 13.8 Å². The standard InChI is InChI=1S/C11H17N3O2/c1-7(2)10(11(12)15)14-8-4-5-13-9(6-8)16-3/h4-7,10H,1-3H3,(H2,12,15)(H,13,14). The lowest BCUT2D eigenvalue weighted by molar-refractivity contribution is -0.119. The fraction of sp³-hybridized carbons (Fsp3) is 0.455. The SMILES string of the molecule is COc1cc(NC(C(N)=O)C(C)C)ccn1.